The number of aliphatic hydroxyl groups excluding tert-OH is 1. The van der Waals surface area contributed by atoms with E-state index in [0.717, 1.165) is 5.56 Å². The molecule has 0 aliphatic carbocycles. The monoisotopic (exact) mass is 266 g/mol. The number of benzene rings is 1. The summed E-state index contributed by atoms with van der Waals surface area (Å²) in [6, 6.07) is 9.42. The molecule has 0 radical (unpaired) electrons. The molecule has 0 saturated carbocycles. The van der Waals surface area contributed by atoms with Gasteiger partial charge in [0.15, 0.2) is 0 Å². The molecule has 1 unspecified atom stereocenters. The maximum absolute atomic E-state index is 9.68. The minimum Gasteiger partial charge on any atom is -0.513 e. The summed E-state index contributed by atoms with van der Waals surface area (Å²) in [6.45, 7) is 0.360. The first kappa shape index (κ1) is 15.9. The molecule has 0 aliphatic heterocycles. The molecule has 0 amide bonds. The first-order valence-corrected chi connectivity index (χ1v) is 5.08. The molecule has 0 spiro atoms. The van der Waals surface area contributed by atoms with Crippen LogP contribution < -0.4 is 51.4 Å². The van der Waals surface area contributed by atoms with Crippen LogP contribution in [0.4, 0.5) is 0 Å². The van der Waals surface area contributed by atoms with E-state index in [-0.39, 0.29) is 55.8 Å². The third-order valence-corrected chi connectivity index (χ3v) is 2.03. The van der Waals surface area contributed by atoms with Gasteiger partial charge in [0.2, 0.25) is 0 Å². The van der Waals surface area contributed by atoms with E-state index in [1.165, 1.54) is 0 Å². The van der Waals surface area contributed by atoms with E-state index in [2.05, 4.69) is 24.8 Å². The first-order valence-electron chi connectivity index (χ1n) is 4.27. The Morgan fingerprint density at radius 3 is 2.53 bits per heavy atom. The fourth-order valence-corrected chi connectivity index (χ4v) is 1.26. The fraction of sp³-hybridized carbons (Fsp3) is 0.300. The van der Waals surface area contributed by atoms with Crippen LogP contribution in [0.3, 0.4) is 0 Å². The van der Waals surface area contributed by atoms with Gasteiger partial charge in [0.25, 0.3) is 0 Å². The molecule has 1 aromatic carbocycles. The maximum atomic E-state index is 9.68. The minimum absolute atomic E-state index is 0. The van der Waals surface area contributed by atoms with Crippen LogP contribution in [0.15, 0.2) is 30.3 Å². The molecule has 0 aromatic heterocycles. The molecule has 5 heteroatoms. The van der Waals surface area contributed by atoms with Gasteiger partial charge in [0, 0.05) is 10.8 Å². The summed E-state index contributed by atoms with van der Waals surface area (Å²) in [5.41, 5.74) is 0.881. The molecule has 0 heterocycles. The fourth-order valence-electron chi connectivity index (χ4n) is 1.10. The summed E-state index contributed by atoms with van der Waals surface area (Å²) in [4.78, 5) is 0. The van der Waals surface area contributed by atoms with Crippen molar-refractivity contribution >= 4 is 29.2 Å². The zero-order valence-electron chi connectivity index (χ0n) is 8.55. The number of thiocarbonyl (C=S) groups is 1. The van der Waals surface area contributed by atoms with Gasteiger partial charge in [-0.2, -0.15) is 0 Å². The Kier molecular flexibility index (Phi) is 9.56. The topological polar surface area (TPSA) is 29.5 Å². The number of ether oxygens (including phenoxy) is 1. The number of hydrogen-bond donors (Lipinski definition) is 1. The van der Waals surface area contributed by atoms with E-state index in [0.29, 0.717) is 13.0 Å². The predicted molar refractivity (Wildman–Crippen MR) is 61.9 cm³/mol. The van der Waals surface area contributed by atoms with Crippen LogP contribution in [0.2, 0.25) is 0 Å². The number of hydrogen-bond acceptors (Lipinski definition) is 4. The van der Waals surface area contributed by atoms with Crippen LogP contribution in [0.1, 0.15) is 18.1 Å². The summed E-state index contributed by atoms with van der Waals surface area (Å²) < 4.78 is 5.02. The molecular weight excluding hydrogens is 255 g/mol. The molecule has 76 valence electrons. The molecule has 0 aliphatic rings. The molecule has 0 bridgehead atoms. The van der Waals surface area contributed by atoms with Crippen molar-refractivity contribution < 1.29 is 61.2 Å². The molecule has 0 saturated heterocycles. The largest absolute Gasteiger partial charge is 1.00 e. The van der Waals surface area contributed by atoms with E-state index < -0.39 is 6.10 Å². The van der Waals surface area contributed by atoms with Crippen molar-refractivity contribution in [2.24, 2.45) is 0 Å². The average molecular weight is 266 g/mol. The van der Waals surface area contributed by atoms with Crippen LogP contribution in [0, 0.1) is 0 Å². The second-order valence-corrected chi connectivity index (χ2v) is 3.81. The van der Waals surface area contributed by atoms with Crippen molar-refractivity contribution in [2.45, 2.75) is 12.5 Å². The second-order valence-electron chi connectivity index (χ2n) is 2.81. The summed E-state index contributed by atoms with van der Waals surface area (Å²) in [5.74, 6) is 0. The third-order valence-electron chi connectivity index (χ3n) is 1.80. The van der Waals surface area contributed by atoms with Crippen LogP contribution in [0.25, 0.3) is 0 Å². The van der Waals surface area contributed by atoms with Gasteiger partial charge < -0.3 is 34.7 Å². The van der Waals surface area contributed by atoms with E-state index in [4.69, 9.17) is 4.74 Å². The van der Waals surface area contributed by atoms with E-state index in [1.807, 2.05) is 30.3 Å². The zero-order valence-corrected chi connectivity index (χ0v) is 13.3. The zero-order chi connectivity index (χ0) is 10.4. The number of rotatable bonds is 4. The molecule has 2 nitrogen and oxygen atoms in total. The van der Waals surface area contributed by atoms with Crippen LogP contribution in [-0.2, 0) is 17.4 Å². The van der Waals surface area contributed by atoms with Crippen molar-refractivity contribution in [3.63, 3.8) is 0 Å². The maximum Gasteiger partial charge on any atom is 1.00 e. The summed E-state index contributed by atoms with van der Waals surface area (Å²) in [6.07, 6.45) is -0.0126. The molecule has 1 N–H and O–H groups in total. The Morgan fingerprint density at radius 1 is 1.40 bits per heavy atom. The van der Waals surface area contributed by atoms with Gasteiger partial charge in [-0.05, 0) is 5.56 Å². The molecule has 0 fully saturated rings. The van der Waals surface area contributed by atoms with E-state index in [1.54, 1.807) is 0 Å². The van der Waals surface area contributed by atoms with Crippen molar-refractivity contribution in [1.29, 1.82) is 0 Å². The van der Waals surface area contributed by atoms with Crippen LogP contribution >= 0.6 is 12.2 Å². The predicted octanol–water partition coefficient (Wildman–Crippen LogP) is -1.04. The Bertz CT molecular complexity index is 293. The molecule has 1 atom stereocenters. The standard InChI is InChI=1S/C10H12O2S2.K/c11-9(6-7-12-10(13)14)8-4-2-1-3-5-8;/h1-5,9,11H,6-7H2,(H,13,14);/q;+1/p-1. The van der Waals surface area contributed by atoms with Crippen LogP contribution in [-0.4, -0.2) is 16.1 Å². The second kappa shape index (κ2) is 9.01. The Hall–Kier alpha value is 0.926. The van der Waals surface area contributed by atoms with Gasteiger partial charge in [0.05, 0.1) is 12.7 Å². The third kappa shape index (κ3) is 6.96. The van der Waals surface area contributed by atoms with Gasteiger partial charge in [0.1, 0.15) is 0 Å². The Morgan fingerprint density at radius 2 is 2.00 bits per heavy atom. The van der Waals surface area contributed by atoms with Crippen molar-refractivity contribution in [1.82, 2.24) is 0 Å². The Balaban J connectivity index is 0.00000196. The van der Waals surface area contributed by atoms with E-state index >= 15 is 0 Å². The smallest absolute Gasteiger partial charge is 0.513 e. The first-order chi connectivity index (χ1) is 6.70. The minimum atomic E-state index is -0.513. The van der Waals surface area contributed by atoms with E-state index in [9.17, 15) is 5.11 Å². The van der Waals surface area contributed by atoms with Crippen molar-refractivity contribution in [3.05, 3.63) is 35.9 Å². The Labute approximate surface area is 143 Å². The van der Waals surface area contributed by atoms with Gasteiger partial charge in [-0.15, -0.1) is 0 Å². The molecular formula is C10H11KO2S2. The summed E-state index contributed by atoms with van der Waals surface area (Å²) in [5, 5.41) is 9.68. The van der Waals surface area contributed by atoms with Crippen molar-refractivity contribution in [2.75, 3.05) is 6.61 Å². The number of aliphatic hydroxyl groups is 1. The quantitative estimate of drug-likeness (QED) is 0.428. The van der Waals surface area contributed by atoms with Crippen molar-refractivity contribution in [3.8, 4) is 0 Å². The van der Waals surface area contributed by atoms with Gasteiger partial charge >= 0.3 is 51.4 Å². The van der Waals surface area contributed by atoms with Gasteiger partial charge in [-0.1, -0.05) is 30.3 Å². The van der Waals surface area contributed by atoms with Gasteiger partial charge in [-0.25, -0.2) is 0 Å². The van der Waals surface area contributed by atoms with Crippen LogP contribution in [0.5, 0.6) is 0 Å². The summed E-state index contributed by atoms with van der Waals surface area (Å²) in [7, 11) is 0. The molecule has 1 aromatic rings. The SMILES string of the molecule is OC(CCOC(=S)[S-])c1ccccc1.[K+]. The molecule has 1 rings (SSSR count). The average Bonchev–Trinajstić information content (AvgIpc) is 2.18. The van der Waals surface area contributed by atoms with Gasteiger partial charge in [-0.3, -0.25) is 0 Å². The normalized spacial score (nSPS) is 11.3. The summed E-state index contributed by atoms with van der Waals surface area (Å²) >= 11 is 9.15. The molecule has 15 heavy (non-hydrogen) atoms.